The van der Waals surface area contributed by atoms with E-state index in [1.807, 2.05) is 0 Å². The fraction of sp³-hybridized carbons (Fsp3) is 1.00. The molecule has 4 bridgehead atoms. The van der Waals surface area contributed by atoms with Gasteiger partial charge in [0, 0.05) is 24.9 Å². The van der Waals surface area contributed by atoms with E-state index in [9.17, 15) is 5.11 Å². The zero-order chi connectivity index (χ0) is 8.34. The molecule has 4 rings (SSSR count). The SMILES string of the molecule is C[N+]12C[C@H]3CN(C[C@@H](C1)C3O)C2.[I-]. The number of hydrogen-bond acceptors (Lipinski definition) is 2. The minimum absolute atomic E-state index is 0. The molecule has 76 valence electrons. The summed E-state index contributed by atoms with van der Waals surface area (Å²) >= 11 is 0. The highest BCUT2D eigenvalue weighted by Gasteiger charge is 2.53. The number of quaternary nitrogens is 1. The van der Waals surface area contributed by atoms with E-state index in [4.69, 9.17) is 0 Å². The van der Waals surface area contributed by atoms with Gasteiger partial charge in [0.05, 0.1) is 26.2 Å². The maximum Gasteiger partial charge on any atom is 0.134 e. The molecule has 4 aliphatic heterocycles. The molecule has 3 unspecified atom stereocenters. The summed E-state index contributed by atoms with van der Waals surface area (Å²) in [5.74, 6) is 1.13. The molecule has 1 N–H and O–H groups in total. The first kappa shape index (κ1) is 10.1. The summed E-state index contributed by atoms with van der Waals surface area (Å²) in [5.41, 5.74) is 0. The Kier molecular flexibility index (Phi) is 2.38. The molecule has 4 saturated heterocycles. The molecule has 0 spiro atoms. The Morgan fingerprint density at radius 3 is 2.23 bits per heavy atom. The van der Waals surface area contributed by atoms with E-state index in [0.717, 1.165) is 13.1 Å². The van der Waals surface area contributed by atoms with Crippen LogP contribution in [0.2, 0.25) is 0 Å². The van der Waals surface area contributed by atoms with Crippen molar-refractivity contribution in [3.8, 4) is 0 Å². The fourth-order valence-electron chi connectivity index (χ4n) is 3.59. The van der Waals surface area contributed by atoms with E-state index in [1.54, 1.807) is 0 Å². The highest BCUT2D eigenvalue weighted by molar-refractivity contribution is 4.92. The average Bonchev–Trinajstić information content (AvgIpc) is 1.96. The maximum absolute atomic E-state index is 9.90. The van der Waals surface area contributed by atoms with Gasteiger partial charge >= 0.3 is 0 Å². The van der Waals surface area contributed by atoms with Crippen molar-refractivity contribution in [1.29, 1.82) is 0 Å². The molecule has 3 nitrogen and oxygen atoms in total. The largest absolute Gasteiger partial charge is 1.00 e. The maximum atomic E-state index is 9.90. The number of hydrogen-bond donors (Lipinski definition) is 1. The average molecular weight is 296 g/mol. The predicted octanol–water partition coefficient (Wildman–Crippen LogP) is -3.67. The van der Waals surface area contributed by atoms with Crippen LogP contribution in [0.1, 0.15) is 0 Å². The Morgan fingerprint density at radius 2 is 1.77 bits per heavy atom. The smallest absolute Gasteiger partial charge is 0.134 e. The van der Waals surface area contributed by atoms with Gasteiger partial charge in [0.25, 0.3) is 0 Å². The lowest BCUT2D eigenvalue weighted by atomic mass is 9.78. The molecule has 13 heavy (non-hydrogen) atoms. The summed E-state index contributed by atoms with van der Waals surface area (Å²) in [6.07, 6.45) is 0.00718. The summed E-state index contributed by atoms with van der Waals surface area (Å²) in [4.78, 5) is 2.52. The van der Waals surface area contributed by atoms with E-state index in [0.29, 0.717) is 11.8 Å². The number of halogens is 1. The van der Waals surface area contributed by atoms with Gasteiger partial charge in [-0.05, 0) is 0 Å². The number of nitrogens with zero attached hydrogens (tertiary/aromatic N) is 2. The zero-order valence-electron chi connectivity index (χ0n) is 7.99. The third-order valence-corrected chi connectivity index (χ3v) is 3.84. The first-order valence-electron chi connectivity index (χ1n) is 4.90. The zero-order valence-corrected chi connectivity index (χ0v) is 10.1. The van der Waals surface area contributed by atoms with Crippen LogP contribution < -0.4 is 24.0 Å². The summed E-state index contributed by atoms with van der Waals surface area (Å²) in [6.45, 7) is 5.92. The first-order valence-corrected chi connectivity index (χ1v) is 4.90. The number of aliphatic hydroxyl groups excluding tert-OH is 1. The van der Waals surface area contributed by atoms with Gasteiger partial charge in [0.2, 0.25) is 0 Å². The molecular formula is C9H17IN2O. The molecule has 0 aromatic rings. The lowest BCUT2D eigenvalue weighted by molar-refractivity contribution is -0.946. The van der Waals surface area contributed by atoms with Gasteiger partial charge in [-0.2, -0.15) is 0 Å². The number of rotatable bonds is 0. The van der Waals surface area contributed by atoms with Crippen LogP contribution in [0.3, 0.4) is 0 Å². The Morgan fingerprint density at radius 1 is 1.23 bits per heavy atom. The summed E-state index contributed by atoms with van der Waals surface area (Å²) in [6, 6.07) is 0. The van der Waals surface area contributed by atoms with E-state index >= 15 is 0 Å². The molecule has 4 heterocycles. The van der Waals surface area contributed by atoms with Crippen LogP contribution in [-0.2, 0) is 0 Å². The molecular weight excluding hydrogens is 279 g/mol. The second-order valence-electron chi connectivity index (χ2n) is 5.17. The van der Waals surface area contributed by atoms with Crippen molar-refractivity contribution in [2.75, 3.05) is 39.9 Å². The minimum atomic E-state index is 0. The van der Waals surface area contributed by atoms with Gasteiger partial charge in [-0.15, -0.1) is 0 Å². The van der Waals surface area contributed by atoms with Crippen LogP contribution in [-0.4, -0.2) is 60.5 Å². The highest BCUT2D eigenvalue weighted by Crippen LogP contribution is 2.37. The van der Waals surface area contributed by atoms with Crippen LogP contribution in [0.15, 0.2) is 0 Å². The second-order valence-corrected chi connectivity index (χ2v) is 5.17. The van der Waals surface area contributed by atoms with Crippen LogP contribution in [0.5, 0.6) is 0 Å². The van der Waals surface area contributed by atoms with Crippen LogP contribution in [0.4, 0.5) is 0 Å². The fourth-order valence-corrected chi connectivity index (χ4v) is 3.59. The van der Waals surface area contributed by atoms with Gasteiger partial charge in [0.1, 0.15) is 6.67 Å². The van der Waals surface area contributed by atoms with Crippen molar-refractivity contribution in [3.63, 3.8) is 0 Å². The Hall–Kier alpha value is 0.610. The molecule has 0 aromatic carbocycles. The minimum Gasteiger partial charge on any atom is -1.00 e. The number of piperidine rings is 2. The standard InChI is InChI=1S/C9H17N2O.HI/c1-11-4-7-2-10(6-11)3-8(5-11)9(7)12;/h7-9,12H,2-6H2,1H3;1H/q+1;/p-1/t7-,8+,9?,11?;. The van der Waals surface area contributed by atoms with E-state index in [2.05, 4.69) is 11.9 Å². The summed E-state index contributed by atoms with van der Waals surface area (Å²) < 4.78 is 1.19. The van der Waals surface area contributed by atoms with E-state index < -0.39 is 0 Å². The number of aliphatic hydroxyl groups is 1. The van der Waals surface area contributed by atoms with Gasteiger partial charge in [0.15, 0.2) is 0 Å². The third kappa shape index (κ3) is 1.42. The monoisotopic (exact) mass is 296 g/mol. The Labute approximate surface area is 96.3 Å². The van der Waals surface area contributed by atoms with Crippen molar-refractivity contribution >= 4 is 0 Å². The molecule has 4 fully saturated rings. The second kappa shape index (κ2) is 3.05. The van der Waals surface area contributed by atoms with E-state index in [1.165, 1.54) is 24.2 Å². The molecule has 0 radical (unpaired) electrons. The highest BCUT2D eigenvalue weighted by atomic mass is 127. The van der Waals surface area contributed by atoms with Gasteiger partial charge < -0.3 is 33.6 Å². The normalized spacial score (nSPS) is 57.7. The molecule has 0 aromatic heterocycles. The van der Waals surface area contributed by atoms with Crippen molar-refractivity contribution in [3.05, 3.63) is 0 Å². The van der Waals surface area contributed by atoms with Crippen molar-refractivity contribution < 1.29 is 33.6 Å². The predicted molar refractivity (Wildman–Crippen MR) is 45.3 cm³/mol. The van der Waals surface area contributed by atoms with E-state index in [-0.39, 0.29) is 30.1 Å². The molecule has 5 atom stereocenters. The summed E-state index contributed by atoms with van der Waals surface area (Å²) in [7, 11) is 2.33. The Balaban J connectivity index is 0.000000653. The Bertz CT molecular complexity index is 208. The molecule has 0 aliphatic carbocycles. The molecule has 4 heteroatoms. The van der Waals surface area contributed by atoms with Crippen LogP contribution in [0, 0.1) is 11.8 Å². The molecule has 0 saturated carbocycles. The first-order chi connectivity index (χ1) is 5.66. The van der Waals surface area contributed by atoms with Crippen molar-refractivity contribution in [2.45, 2.75) is 6.10 Å². The van der Waals surface area contributed by atoms with Gasteiger partial charge in [-0.25, -0.2) is 0 Å². The lowest BCUT2D eigenvalue weighted by Crippen LogP contribution is -3.00. The van der Waals surface area contributed by atoms with Crippen LogP contribution >= 0.6 is 0 Å². The molecule has 4 aliphatic rings. The van der Waals surface area contributed by atoms with Gasteiger partial charge in [-0.3, -0.25) is 4.90 Å². The topological polar surface area (TPSA) is 23.5 Å². The quantitative estimate of drug-likeness (QED) is 0.368. The van der Waals surface area contributed by atoms with Crippen molar-refractivity contribution in [2.24, 2.45) is 11.8 Å². The van der Waals surface area contributed by atoms with Crippen molar-refractivity contribution in [1.82, 2.24) is 4.90 Å². The van der Waals surface area contributed by atoms with Crippen LogP contribution in [0.25, 0.3) is 0 Å². The summed E-state index contributed by atoms with van der Waals surface area (Å²) in [5, 5.41) is 9.90. The third-order valence-electron chi connectivity index (χ3n) is 3.84. The van der Waals surface area contributed by atoms with Gasteiger partial charge in [-0.1, -0.05) is 0 Å². The molecule has 0 amide bonds. The lowest BCUT2D eigenvalue weighted by Gasteiger charge is -2.59.